The van der Waals surface area contributed by atoms with E-state index in [-0.39, 0.29) is 30.8 Å². The SMILES string of the molecule is CCCCCCCCNC(=O)OCC(COP(=O)(CCCCCCCC)Oc1ccc([N+](=O)[O-])cc1)OC(=O)NCCCCCCCC. The van der Waals surface area contributed by atoms with Crippen molar-refractivity contribution in [2.24, 2.45) is 0 Å². The van der Waals surface area contributed by atoms with Crippen molar-refractivity contribution < 1.29 is 37.6 Å². The number of nitro groups is 1. The van der Waals surface area contributed by atoms with E-state index in [4.69, 9.17) is 18.5 Å². The van der Waals surface area contributed by atoms with Gasteiger partial charge in [0.05, 0.1) is 17.7 Å². The van der Waals surface area contributed by atoms with E-state index in [0.717, 1.165) is 77.0 Å². The fourth-order valence-corrected chi connectivity index (χ4v) is 6.65. The van der Waals surface area contributed by atoms with Crippen molar-refractivity contribution in [1.82, 2.24) is 10.6 Å². The van der Waals surface area contributed by atoms with Gasteiger partial charge in [-0.2, -0.15) is 0 Å². The Morgan fingerprint density at radius 1 is 0.708 bits per heavy atom. The predicted molar refractivity (Wildman–Crippen MR) is 190 cm³/mol. The topological polar surface area (TPSA) is 155 Å². The maximum Gasteiger partial charge on any atom is 0.407 e. The molecule has 48 heavy (non-hydrogen) atoms. The second kappa shape index (κ2) is 28.0. The van der Waals surface area contributed by atoms with Crippen LogP contribution in [0.3, 0.4) is 0 Å². The fraction of sp³-hybridized carbons (Fsp3) is 0.771. The summed E-state index contributed by atoms with van der Waals surface area (Å²) < 4.78 is 36.5. The van der Waals surface area contributed by atoms with Crippen LogP contribution in [0, 0.1) is 10.1 Å². The summed E-state index contributed by atoms with van der Waals surface area (Å²) in [5.41, 5.74) is -0.124. The van der Waals surface area contributed by atoms with Gasteiger partial charge in [0.1, 0.15) is 12.4 Å². The molecular weight excluding hydrogens is 637 g/mol. The molecule has 0 bridgehead atoms. The van der Waals surface area contributed by atoms with Crippen LogP contribution in [0.5, 0.6) is 5.75 Å². The van der Waals surface area contributed by atoms with E-state index in [1.165, 1.54) is 56.4 Å². The minimum absolute atomic E-state index is 0.104. The van der Waals surface area contributed by atoms with Crippen LogP contribution in [0.1, 0.15) is 136 Å². The highest BCUT2D eigenvalue weighted by molar-refractivity contribution is 7.54. The van der Waals surface area contributed by atoms with Crippen molar-refractivity contribution in [3.63, 3.8) is 0 Å². The van der Waals surface area contributed by atoms with Crippen LogP contribution in [0.4, 0.5) is 15.3 Å². The molecule has 13 heteroatoms. The molecule has 0 saturated carbocycles. The molecule has 2 atom stereocenters. The molecule has 0 fully saturated rings. The molecule has 276 valence electrons. The molecule has 2 unspecified atom stereocenters. The molecule has 1 aromatic carbocycles. The number of alkyl carbamates (subject to hydrolysis) is 2. The zero-order chi connectivity index (χ0) is 35.3. The van der Waals surface area contributed by atoms with Gasteiger partial charge in [-0.05, 0) is 31.4 Å². The molecule has 0 heterocycles. The second-order valence-corrected chi connectivity index (χ2v) is 14.4. The number of nitrogens with one attached hydrogen (secondary N) is 2. The summed E-state index contributed by atoms with van der Waals surface area (Å²) in [5.74, 6) is 0.161. The number of nitro benzene ring substituents is 1. The third-order valence-corrected chi connectivity index (χ3v) is 9.70. The van der Waals surface area contributed by atoms with Crippen LogP contribution in [0.25, 0.3) is 0 Å². The minimum Gasteiger partial charge on any atom is -0.446 e. The predicted octanol–water partition coefficient (Wildman–Crippen LogP) is 10.1. The molecule has 0 aliphatic carbocycles. The summed E-state index contributed by atoms with van der Waals surface area (Å²) in [6.07, 6.45) is 16.4. The van der Waals surface area contributed by atoms with Crippen LogP contribution < -0.4 is 15.2 Å². The first-order valence-electron chi connectivity index (χ1n) is 18.3. The van der Waals surface area contributed by atoms with Gasteiger partial charge >= 0.3 is 19.8 Å². The Labute approximate surface area is 288 Å². The van der Waals surface area contributed by atoms with Gasteiger partial charge < -0.3 is 24.6 Å². The molecule has 1 aromatic rings. The summed E-state index contributed by atoms with van der Waals surface area (Å²) >= 11 is 0. The van der Waals surface area contributed by atoms with Gasteiger partial charge in [0, 0.05) is 25.2 Å². The molecule has 12 nitrogen and oxygen atoms in total. The molecule has 2 N–H and O–H groups in total. The first kappa shape index (κ1) is 43.2. The molecule has 0 radical (unpaired) electrons. The van der Waals surface area contributed by atoms with E-state index in [9.17, 15) is 24.3 Å². The lowest BCUT2D eigenvalue weighted by Crippen LogP contribution is -2.36. The smallest absolute Gasteiger partial charge is 0.407 e. The van der Waals surface area contributed by atoms with Crippen molar-refractivity contribution in [3.05, 3.63) is 34.4 Å². The van der Waals surface area contributed by atoms with Crippen LogP contribution in [0.2, 0.25) is 0 Å². The molecule has 0 spiro atoms. The lowest BCUT2D eigenvalue weighted by molar-refractivity contribution is -0.384. The number of unbranched alkanes of at least 4 members (excludes halogenated alkanes) is 15. The molecule has 0 aliphatic heterocycles. The fourth-order valence-electron chi connectivity index (χ4n) is 4.93. The quantitative estimate of drug-likeness (QED) is 0.0345. The van der Waals surface area contributed by atoms with Crippen LogP contribution >= 0.6 is 7.60 Å². The number of carbonyl (C=O) groups is 2. The lowest BCUT2D eigenvalue weighted by Gasteiger charge is -2.23. The van der Waals surface area contributed by atoms with Gasteiger partial charge in [-0.15, -0.1) is 0 Å². The van der Waals surface area contributed by atoms with Crippen molar-refractivity contribution in [1.29, 1.82) is 0 Å². The monoisotopic (exact) mass is 699 g/mol. The molecular formula is C35H62N3O9P. The van der Waals surface area contributed by atoms with Crippen LogP contribution in [-0.2, 0) is 18.6 Å². The molecule has 0 aliphatic rings. The van der Waals surface area contributed by atoms with Gasteiger partial charge in [0.15, 0.2) is 6.10 Å². The number of hydrogen-bond acceptors (Lipinski definition) is 9. The standard InChI is InChI=1S/C35H62N3O9P/c1-4-7-10-13-16-19-26-36-34(39)44-29-33(46-35(40)37-27-20-17-14-11-8-5-2)30-45-48(43,28-21-18-15-12-9-6-3)47-32-24-22-31(23-25-32)38(41)42/h22-25,33H,4-21,26-30H2,1-3H3,(H,36,39)(H,37,40). The number of benzene rings is 1. The normalized spacial score (nSPS) is 12.9. The Kier molecular flexibility index (Phi) is 25.2. The summed E-state index contributed by atoms with van der Waals surface area (Å²) in [5, 5.41) is 16.5. The summed E-state index contributed by atoms with van der Waals surface area (Å²) in [6.45, 7) is 6.74. The zero-order valence-electron chi connectivity index (χ0n) is 29.7. The van der Waals surface area contributed by atoms with Crippen LogP contribution in [0.15, 0.2) is 24.3 Å². The number of non-ortho nitro benzene ring substituents is 1. The highest BCUT2D eigenvalue weighted by Crippen LogP contribution is 2.49. The summed E-state index contributed by atoms with van der Waals surface area (Å²) in [7, 11) is -3.79. The number of amides is 2. The number of rotatable bonds is 30. The van der Waals surface area contributed by atoms with Gasteiger partial charge in [0.25, 0.3) is 5.69 Å². The number of ether oxygens (including phenoxy) is 2. The number of hydrogen-bond donors (Lipinski definition) is 2. The van der Waals surface area contributed by atoms with Gasteiger partial charge in [-0.1, -0.05) is 117 Å². The summed E-state index contributed by atoms with van der Waals surface area (Å²) in [6, 6.07) is 5.27. The Hall–Kier alpha value is -2.85. The Balaban J connectivity index is 2.84. The first-order valence-corrected chi connectivity index (χ1v) is 20.0. The van der Waals surface area contributed by atoms with Gasteiger partial charge in [-0.3, -0.25) is 14.6 Å². The highest BCUT2D eigenvalue weighted by atomic mass is 31.2. The third kappa shape index (κ3) is 22.7. The average molecular weight is 700 g/mol. The molecule has 2 amide bonds. The van der Waals surface area contributed by atoms with Crippen molar-refractivity contribution >= 4 is 25.5 Å². The zero-order valence-corrected chi connectivity index (χ0v) is 30.6. The minimum atomic E-state index is -3.79. The van der Waals surface area contributed by atoms with Crippen molar-refractivity contribution in [2.45, 2.75) is 142 Å². The molecule has 1 rings (SSSR count). The van der Waals surface area contributed by atoms with E-state index < -0.39 is 30.8 Å². The number of carbonyl (C=O) groups excluding carboxylic acids is 2. The second-order valence-electron chi connectivity index (χ2n) is 12.3. The van der Waals surface area contributed by atoms with Gasteiger partial charge in [-0.25, -0.2) is 14.2 Å². The van der Waals surface area contributed by atoms with E-state index >= 15 is 0 Å². The van der Waals surface area contributed by atoms with Crippen LogP contribution in [-0.4, -0.2) is 55.7 Å². The third-order valence-electron chi connectivity index (χ3n) is 7.81. The maximum absolute atomic E-state index is 14.0. The van der Waals surface area contributed by atoms with Crippen molar-refractivity contribution in [3.8, 4) is 5.75 Å². The summed E-state index contributed by atoms with van der Waals surface area (Å²) in [4.78, 5) is 35.6. The largest absolute Gasteiger partial charge is 0.446 e. The first-order chi connectivity index (χ1) is 23.2. The highest BCUT2D eigenvalue weighted by Gasteiger charge is 2.29. The number of nitrogens with zero attached hydrogens (tertiary/aromatic N) is 1. The lowest BCUT2D eigenvalue weighted by atomic mass is 10.1. The Bertz CT molecular complexity index is 1040. The van der Waals surface area contributed by atoms with E-state index in [0.29, 0.717) is 19.5 Å². The Morgan fingerprint density at radius 3 is 1.71 bits per heavy atom. The average Bonchev–Trinajstić information content (AvgIpc) is 3.07. The van der Waals surface area contributed by atoms with Crippen molar-refractivity contribution in [2.75, 3.05) is 32.5 Å². The van der Waals surface area contributed by atoms with Gasteiger partial charge in [0.2, 0.25) is 0 Å². The maximum atomic E-state index is 14.0. The Morgan fingerprint density at radius 2 is 1.19 bits per heavy atom. The van der Waals surface area contributed by atoms with E-state index in [1.54, 1.807) is 0 Å². The molecule has 0 aromatic heterocycles. The van der Waals surface area contributed by atoms with E-state index in [2.05, 4.69) is 31.4 Å². The van der Waals surface area contributed by atoms with E-state index in [1.807, 2.05) is 0 Å². The molecule has 0 saturated heterocycles.